The van der Waals surface area contributed by atoms with Gasteiger partial charge < -0.3 is 14.2 Å². The third-order valence-corrected chi connectivity index (χ3v) is 6.53. The minimum Gasteiger partial charge on any atom is -0.497 e. The normalized spacial score (nSPS) is 12.2. The number of amides is 2. The molecule has 0 radical (unpaired) electrons. The van der Waals surface area contributed by atoms with Crippen molar-refractivity contribution in [3.8, 4) is 17.2 Å². The molecule has 40 heavy (non-hydrogen) atoms. The van der Waals surface area contributed by atoms with Crippen molar-refractivity contribution in [1.82, 2.24) is 0 Å². The lowest BCUT2D eigenvalue weighted by Crippen LogP contribution is -2.29. The summed E-state index contributed by atoms with van der Waals surface area (Å²) < 4.78 is 16.2. The number of carbonyl (C=O) groups excluding carboxylic acids is 4. The highest BCUT2D eigenvalue weighted by atomic mass is 16.5. The summed E-state index contributed by atoms with van der Waals surface area (Å²) in [5.41, 5.74) is 3.09. The second kappa shape index (κ2) is 10.9. The van der Waals surface area contributed by atoms with Crippen molar-refractivity contribution >= 4 is 29.3 Å². The summed E-state index contributed by atoms with van der Waals surface area (Å²) in [5, 5.41) is 0. The van der Waals surface area contributed by atoms with Gasteiger partial charge in [0.05, 0.1) is 29.5 Å². The second-order valence-electron chi connectivity index (χ2n) is 9.30. The minimum absolute atomic E-state index is 0.0570. The van der Waals surface area contributed by atoms with E-state index >= 15 is 0 Å². The topological polar surface area (TPSA) is 99.2 Å². The van der Waals surface area contributed by atoms with Crippen LogP contribution in [0, 0.1) is 13.8 Å². The lowest BCUT2D eigenvalue weighted by atomic mass is 10.1. The van der Waals surface area contributed by atoms with Gasteiger partial charge in [0, 0.05) is 5.56 Å². The molecule has 1 heterocycles. The monoisotopic (exact) mass is 535 g/mol. The molecule has 0 unspecified atom stereocenters. The fraction of sp³-hybridized carbons (Fsp3) is 0.125. The van der Waals surface area contributed by atoms with Crippen molar-refractivity contribution < 1.29 is 33.4 Å². The van der Waals surface area contributed by atoms with Crippen LogP contribution in [0.25, 0.3) is 0 Å². The summed E-state index contributed by atoms with van der Waals surface area (Å²) in [4.78, 5) is 52.3. The van der Waals surface area contributed by atoms with E-state index in [1.165, 1.54) is 25.3 Å². The lowest BCUT2D eigenvalue weighted by Gasteiger charge is -2.15. The number of imide groups is 1. The first kappa shape index (κ1) is 26.4. The van der Waals surface area contributed by atoms with E-state index in [4.69, 9.17) is 14.2 Å². The minimum atomic E-state index is -0.781. The van der Waals surface area contributed by atoms with Gasteiger partial charge in [0.2, 0.25) is 0 Å². The zero-order valence-electron chi connectivity index (χ0n) is 22.1. The van der Waals surface area contributed by atoms with Gasteiger partial charge in [-0.25, -0.2) is 9.69 Å². The smallest absolute Gasteiger partial charge is 0.338 e. The standard InChI is InChI=1S/C32H25NO7/c1-19-4-5-20(2)29(16-19)40-25-13-9-23(10-14-25)33-30(35)26-15-8-22(17-27(26)31(33)36)32(37)39-18-28(34)21-6-11-24(38-3)12-7-21/h4-17H,18H2,1-3H3. The molecule has 1 aliphatic heterocycles. The molecule has 0 spiro atoms. The molecule has 8 heteroatoms. The van der Waals surface area contributed by atoms with E-state index in [1.807, 2.05) is 32.0 Å². The van der Waals surface area contributed by atoms with Gasteiger partial charge in [-0.15, -0.1) is 0 Å². The van der Waals surface area contributed by atoms with Gasteiger partial charge in [0.1, 0.15) is 17.2 Å². The van der Waals surface area contributed by atoms with Crippen LogP contribution in [-0.4, -0.2) is 37.3 Å². The molecular formula is C32H25NO7. The van der Waals surface area contributed by atoms with Crippen LogP contribution >= 0.6 is 0 Å². The van der Waals surface area contributed by atoms with Crippen LogP contribution in [-0.2, 0) is 4.74 Å². The molecule has 200 valence electrons. The van der Waals surface area contributed by atoms with Crippen molar-refractivity contribution in [3.05, 3.63) is 118 Å². The number of methoxy groups -OCH3 is 1. The lowest BCUT2D eigenvalue weighted by molar-refractivity contribution is 0.0474. The maximum absolute atomic E-state index is 13.2. The van der Waals surface area contributed by atoms with E-state index in [1.54, 1.807) is 48.5 Å². The Labute approximate surface area is 230 Å². The molecule has 8 nitrogen and oxygen atoms in total. The molecule has 0 N–H and O–H groups in total. The number of hydrogen-bond donors (Lipinski definition) is 0. The Balaban J connectivity index is 1.27. The van der Waals surface area contributed by atoms with Crippen LogP contribution in [0.4, 0.5) is 5.69 Å². The van der Waals surface area contributed by atoms with Crippen LogP contribution in [0.15, 0.2) is 84.9 Å². The quantitative estimate of drug-likeness (QED) is 0.156. The van der Waals surface area contributed by atoms with Gasteiger partial charge in [-0.1, -0.05) is 12.1 Å². The SMILES string of the molecule is COc1ccc(C(=O)COC(=O)c2ccc3c(c2)C(=O)N(c2ccc(Oc4cc(C)ccc4C)cc2)C3=O)cc1. The van der Waals surface area contributed by atoms with Gasteiger partial charge in [-0.2, -0.15) is 0 Å². The van der Waals surface area contributed by atoms with Crippen LogP contribution in [0.2, 0.25) is 0 Å². The summed E-state index contributed by atoms with van der Waals surface area (Å²) in [5.74, 6) is -0.357. The molecule has 0 saturated heterocycles. The Bertz CT molecular complexity index is 1640. The number of ketones is 1. The van der Waals surface area contributed by atoms with Crippen molar-refractivity contribution in [2.45, 2.75) is 13.8 Å². The zero-order chi connectivity index (χ0) is 28.4. The number of fused-ring (bicyclic) bond motifs is 1. The number of carbonyl (C=O) groups is 4. The number of anilines is 1. The number of esters is 1. The summed E-state index contributed by atoms with van der Waals surface area (Å²) in [6.45, 7) is 3.45. The number of aryl methyl sites for hydroxylation is 2. The molecular weight excluding hydrogens is 510 g/mol. The summed E-state index contributed by atoms with van der Waals surface area (Å²) in [6.07, 6.45) is 0. The number of rotatable bonds is 8. The third-order valence-electron chi connectivity index (χ3n) is 6.53. The Morgan fingerprint density at radius 3 is 2.08 bits per heavy atom. The fourth-order valence-corrected chi connectivity index (χ4v) is 4.28. The summed E-state index contributed by atoms with van der Waals surface area (Å²) in [7, 11) is 1.52. The van der Waals surface area contributed by atoms with E-state index in [0.29, 0.717) is 22.7 Å². The molecule has 5 rings (SSSR count). The first-order chi connectivity index (χ1) is 19.2. The molecule has 0 saturated carbocycles. The van der Waals surface area contributed by atoms with Gasteiger partial charge in [-0.3, -0.25) is 14.4 Å². The zero-order valence-corrected chi connectivity index (χ0v) is 22.1. The molecule has 0 aromatic heterocycles. The highest BCUT2D eigenvalue weighted by Crippen LogP contribution is 2.32. The molecule has 0 fully saturated rings. The fourth-order valence-electron chi connectivity index (χ4n) is 4.28. The Morgan fingerprint density at radius 1 is 0.725 bits per heavy atom. The number of ether oxygens (including phenoxy) is 3. The van der Waals surface area contributed by atoms with Gasteiger partial charge in [0.15, 0.2) is 12.4 Å². The van der Waals surface area contributed by atoms with Crippen molar-refractivity contribution in [2.75, 3.05) is 18.6 Å². The molecule has 0 aliphatic carbocycles. The summed E-state index contributed by atoms with van der Waals surface area (Å²) in [6, 6.07) is 23.1. The Kier molecular flexibility index (Phi) is 7.16. The van der Waals surface area contributed by atoms with Crippen LogP contribution in [0.3, 0.4) is 0 Å². The predicted molar refractivity (Wildman–Crippen MR) is 148 cm³/mol. The van der Waals surface area contributed by atoms with E-state index < -0.39 is 24.4 Å². The molecule has 0 bridgehead atoms. The Hall–Kier alpha value is -5.24. The van der Waals surface area contributed by atoms with E-state index in [0.717, 1.165) is 21.8 Å². The average molecular weight is 536 g/mol. The molecule has 2 amide bonds. The van der Waals surface area contributed by atoms with E-state index in [-0.39, 0.29) is 22.5 Å². The second-order valence-corrected chi connectivity index (χ2v) is 9.30. The maximum atomic E-state index is 13.2. The van der Waals surface area contributed by atoms with Crippen molar-refractivity contribution in [2.24, 2.45) is 0 Å². The van der Waals surface area contributed by atoms with Crippen LogP contribution in [0.1, 0.15) is 52.6 Å². The third kappa shape index (κ3) is 5.19. The highest BCUT2D eigenvalue weighted by Gasteiger charge is 2.37. The van der Waals surface area contributed by atoms with Crippen LogP contribution in [0.5, 0.6) is 17.2 Å². The first-order valence-electron chi connectivity index (χ1n) is 12.5. The van der Waals surface area contributed by atoms with Crippen molar-refractivity contribution in [1.29, 1.82) is 0 Å². The van der Waals surface area contributed by atoms with Crippen molar-refractivity contribution in [3.63, 3.8) is 0 Å². The molecule has 4 aromatic carbocycles. The Morgan fingerprint density at radius 2 is 1.38 bits per heavy atom. The maximum Gasteiger partial charge on any atom is 0.338 e. The van der Waals surface area contributed by atoms with E-state index in [2.05, 4.69) is 0 Å². The number of nitrogens with zero attached hydrogens (tertiary/aromatic N) is 1. The van der Waals surface area contributed by atoms with Gasteiger partial charge in [-0.05, 0) is 97.8 Å². The van der Waals surface area contributed by atoms with Crippen LogP contribution < -0.4 is 14.4 Å². The molecule has 4 aromatic rings. The number of Topliss-reactive ketones (excluding diaryl/α,β-unsaturated/α-hetero) is 1. The number of hydrogen-bond acceptors (Lipinski definition) is 7. The average Bonchev–Trinajstić information content (AvgIpc) is 3.22. The summed E-state index contributed by atoms with van der Waals surface area (Å²) >= 11 is 0. The largest absolute Gasteiger partial charge is 0.497 e. The molecule has 0 atom stereocenters. The van der Waals surface area contributed by atoms with Gasteiger partial charge in [0.25, 0.3) is 11.8 Å². The molecule has 1 aliphatic rings. The predicted octanol–water partition coefficient (Wildman–Crippen LogP) is 5.94. The van der Waals surface area contributed by atoms with Gasteiger partial charge >= 0.3 is 5.97 Å². The van der Waals surface area contributed by atoms with E-state index in [9.17, 15) is 19.2 Å². The highest BCUT2D eigenvalue weighted by molar-refractivity contribution is 6.34. The first-order valence-corrected chi connectivity index (χ1v) is 12.5. The number of benzene rings is 4.